The largest absolute Gasteiger partial charge is 0.500 e. The summed E-state index contributed by atoms with van der Waals surface area (Å²) < 4.78 is 16.0. The first-order chi connectivity index (χ1) is 7.24. The number of likely N-dealkylation sites (N-methyl/N-ethyl adjacent to an activating group) is 1. The van der Waals surface area contributed by atoms with Crippen LogP contribution in [0.3, 0.4) is 0 Å². The predicted molar refractivity (Wildman–Crippen MR) is 63.0 cm³/mol. The zero-order chi connectivity index (χ0) is 11.6. The summed E-state index contributed by atoms with van der Waals surface area (Å²) in [6, 6.07) is 0.850. The Labute approximate surface area is 93.9 Å². The molecule has 0 fully saturated rings. The molecule has 0 aliphatic heterocycles. The van der Waals surface area contributed by atoms with E-state index in [2.05, 4.69) is 10.6 Å². The van der Waals surface area contributed by atoms with Crippen LogP contribution in [0, 0.1) is 0 Å². The van der Waals surface area contributed by atoms with Crippen LogP contribution in [-0.2, 0) is 13.3 Å². The van der Waals surface area contributed by atoms with Crippen molar-refractivity contribution in [1.29, 1.82) is 0 Å². The van der Waals surface area contributed by atoms with Crippen LogP contribution in [0.25, 0.3) is 0 Å². The number of rotatable bonds is 10. The Morgan fingerprint density at radius 2 is 1.53 bits per heavy atom. The lowest BCUT2D eigenvalue weighted by atomic mass is 10.4. The first-order valence-electron chi connectivity index (χ1n) is 5.25. The molecule has 0 radical (unpaired) electrons. The molecule has 0 heterocycles. The van der Waals surface area contributed by atoms with E-state index < -0.39 is 8.80 Å². The lowest BCUT2D eigenvalue weighted by Crippen LogP contribution is -2.43. The lowest BCUT2D eigenvalue weighted by Gasteiger charge is -2.24. The molecule has 0 aromatic rings. The van der Waals surface area contributed by atoms with Gasteiger partial charge in [-0.2, -0.15) is 0 Å². The molecular weight excluding hydrogens is 212 g/mol. The van der Waals surface area contributed by atoms with Crippen molar-refractivity contribution in [2.75, 3.05) is 48.0 Å². The molecule has 5 nitrogen and oxygen atoms in total. The first kappa shape index (κ1) is 15.0. The average molecular weight is 236 g/mol. The van der Waals surface area contributed by atoms with E-state index in [4.69, 9.17) is 13.3 Å². The Hall–Kier alpha value is 0.0169. The SMILES string of the molecule is CNCCNCCC[Si](OC)(OC)OC. The monoisotopic (exact) mass is 236 g/mol. The fourth-order valence-electron chi connectivity index (χ4n) is 1.32. The van der Waals surface area contributed by atoms with Gasteiger partial charge in [-0.25, -0.2) is 0 Å². The third-order valence-corrected chi connectivity index (χ3v) is 5.15. The predicted octanol–water partition coefficient (Wildman–Crippen LogP) is 0.0636. The smallest absolute Gasteiger partial charge is 0.377 e. The maximum Gasteiger partial charge on any atom is 0.500 e. The van der Waals surface area contributed by atoms with E-state index in [0.717, 1.165) is 32.1 Å². The van der Waals surface area contributed by atoms with Gasteiger partial charge < -0.3 is 23.9 Å². The average Bonchev–Trinajstić information content (AvgIpc) is 2.29. The third-order valence-electron chi connectivity index (χ3n) is 2.32. The minimum atomic E-state index is -2.34. The zero-order valence-corrected chi connectivity index (χ0v) is 11.3. The highest BCUT2D eigenvalue weighted by Gasteiger charge is 2.36. The van der Waals surface area contributed by atoms with Crippen molar-refractivity contribution < 1.29 is 13.3 Å². The summed E-state index contributed by atoms with van der Waals surface area (Å²) in [4.78, 5) is 0. The Balaban J connectivity index is 3.54. The standard InChI is InChI=1S/C9H24N2O3Si/c1-10-7-8-11-6-5-9-15(12-2,13-3)14-4/h10-11H,5-9H2,1-4H3. The molecule has 0 saturated heterocycles. The summed E-state index contributed by atoms with van der Waals surface area (Å²) in [7, 11) is 4.54. The van der Waals surface area contributed by atoms with Gasteiger partial charge in [-0.05, 0) is 20.0 Å². The topological polar surface area (TPSA) is 51.8 Å². The molecule has 2 N–H and O–H groups in total. The van der Waals surface area contributed by atoms with Gasteiger partial charge in [0, 0.05) is 40.5 Å². The van der Waals surface area contributed by atoms with Crippen molar-refractivity contribution in [2.24, 2.45) is 0 Å². The summed E-state index contributed by atoms with van der Waals surface area (Å²) in [6.45, 7) is 2.94. The fraction of sp³-hybridized carbons (Fsp3) is 1.00. The van der Waals surface area contributed by atoms with Gasteiger partial charge >= 0.3 is 8.80 Å². The molecule has 92 valence electrons. The molecule has 0 spiro atoms. The van der Waals surface area contributed by atoms with E-state index in [-0.39, 0.29) is 0 Å². The number of hydrogen-bond acceptors (Lipinski definition) is 5. The van der Waals surface area contributed by atoms with Crippen LogP contribution in [0.2, 0.25) is 6.04 Å². The molecule has 0 aromatic heterocycles. The van der Waals surface area contributed by atoms with E-state index >= 15 is 0 Å². The molecule has 0 rings (SSSR count). The van der Waals surface area contributed by atoms with E-state index in [9.17, 15) is 0 Å². The number of nitrogens with one attached hydrogen (secondary N) is 2. The van der Waals surface area contributed by atoms with Crippen LogP contribution in [0.4, 0.5) is 0 Å². The van der Waals surface area contributed by atoms with Gasteiger partial charge in [0.2, 0.25) is 0 Å². The maximum atomic E-state index is 5.32. The van der Waals surface area contributed by atoms with Crippen molar-refractivity contribution in [1.82, 2.24) is 10.6 Å². The molecule has 0 aliphatic rings. The van der Waals surface area contributed by atoms with E-state index in [1.165, 1.54) is 0 Å². The summed E-state index contributed by atoms with van der Waals surface area (Å²) in [6.07, 6.45) is 1.01. The highest BCUT2D eigenvalue weighted by atomic mass is 28.4. The van der Waals surface area contributed by atoms with Crippen molar-refractivity contribution in [2.45, 2.75) is 12.5 Å². The highest BCUT2D eigenvalue weighted by molar-refractivity contribution is 6.60. The molecule has 15 heavy (non-hydrogen) atoms. The van der Waals surface area contributed by atoms with E-state index in [0.29, 0.717) is 0 Å². The molecule has 0 unspecified atom stereocenters. The van der Waals surface area contributed by atoms with Crippen LogP contribution in [0.5, 0.6) is 0 Å². The summed E-state index contributed by atoms with van der Waals surface area (Å²) >= 11 is 0. The van der Waals surface area contributed by atoms with Crippen molar-refractivity contribution in [3.63, 3.8) is 0 Å². The quantitative estimate of drug-likeness (QED) is 0.415. The second-order valence-electron chi connectivity index (χ2n) is 3.25. The molecule has 0 bridgehead atoms. The Bertz CT molecular complexity index is 137. The second-order valence-corrected chi connectivity index (χ2v) is 6.34. The molecule has 0 saturated carbocycles. The van der Waals surface area contributed by atoms with Gasteiger partial charge in [-0.1, -0.05) is 0 Å². The van der Waals surface area contributed by atoms with Gasteiger partial charge in [0.05, 0.1) is 0 Å². The van der Waals surface area contributed by atoms with Crippen molar-refractivity contribution >= 4 is 8.80 Å². The second kappa shape index (κ2) is 9.26. The molecular formula is C9H24N2O3Si. The van der Waals surface area contributed by atoms with Crippen LogP contribution >= 0.6 is 0 Å². The molecule has 0 aromatic carbocycles. The van der Waals surface area contributed by atoms with Crippen LogP contribution in [-0.4, -0.2) is 56.8 Å². The van der Waals surface area contributed by atoms with Crippen molar-refractivity contribution in [3.8, 4) is 0 Å². The Morgan fingerprint density at radius 1 is 0.933 bits per heavy atom. The van der Waals surface area contributed by atoms with Gasteiger partial charge in [0.15, 0.2) is 0 Å². The van der Waals surface area contributed by atoms with Crippen LogP contribution in [0.15, 0.2) is 0 Å². The van der Waals surface area contributed by atoms with E-state index in [1.54, 1.807) is 21.3 Å². The van der Waals surface area contributed by atoms with E-state index in [1.807, 2.05) is 7.05 Å². The molecule has 0 amide bonds. The normalized spacial score (nSPS) is 12.0. The third kappa shape index (κ3) is 6.24. The van der Waals surface area contributed by atoms with Gasteiger partial charge in [-0.15, -0.1) is 0 Å². The number of hydrogen-bond donors (Lipinski definition) is 2. The maximum absolute atomic E-state index is 5.32. The van der Waals surface area contributed by atoms with Gasteiger partial charge in [0.1, 0.15) is 0 Å². The minimum Gasteiger partial charge on any atom is -0.377 e. The van der Waals surface area contributed by atoms with Gasteiger partial charge in [0.25, 0.3) is 0 Å². The zero-order valence-electron chi connectivity index (χ0n) is 10.3. The summed E-state index contributed by atoms with van der Waals surface area (Å²) in [5.41, 5.74) is 0. The fourth-order valence-corrected chi connectivity index (χ4v) is 3.05. The Morgan fingerprint density at radius 3 is 2.00 bits per heavy atom. The summed E-state index contributed by atoms with van der Waals surface area (Å²) in [5, 5.41) is 6.40. The lowest BCUT2D eigenvalue weighted by molar-refractivity contribution is 0.123. The van der Waals surface area contributed by atoms with Crippen LogP contribution in [0.1, 0.15) is 6.42 Å². The minimum absolute atomic E-state index is 0.850. The van der Waals surface area contributed by atoms with Crippen molar-refractivity contribution in [3.05, 3.63) is 0 Å². The first-order valence-corrected chi connectivity index (χ1v) is 7.18. The van der Waals surface area contributed by atoms with Gasteiger partial charge in [-0.3, -0.25) is 0 Å². The molecule has 6 heteroatoms. The highest BCUT2D eigenvalue weighted by Crippen LogP contribution is 2.13. The molecule has 0 aliphatic carbocycles. The summed E-state index contributed by atoms with van der Waals surface area (Å²) in [5.74, 6) is 0. The van der Waals surface area contributed by atoms with Crippen LogP contribution < -0.4 is 10.6 Å². The molecule has 0 atom stereocenters. The Kier molecular flexibility index (Phi) is 9.27.